The molecule has 0 radical (unpaired) electrons. The van der Waals surface area contributed by atoms with Gasteiger partial charge in [0.25, 0.3) is 7.82 Å². The Bertz CT molecular complexity index is 928. The van der Waals surface area contributed by atoms with Crippen molar-refractivity contribution in [2.24, 2.45) is 0 Å². The third-order valence-electron chi connectivity index (χ3n) is 8.00. The van der Waals surface area contributed by atoms with Crippen molar-refractivity contribution in [1.82, 2.24) is 5.32 Å². The van der Waals surface area contributed by atoms with Crippen LogP contribution in [0.1, 0.15) is 142 Å². The van der Waals surface area contributed by atoms with Gasteiger partial charge in [-0.15, -0.1) is 0 Å². The fourth-order valence-electron chi connectivity index (χ4n) is 4.95. The number of quaternary nitrogens is 1. The number of phosphoric acid groups is 1. The van der Waals surface area contributed by atoms with Gasteiger partial charge in [0.05, 0.1) is 39.9 Å². The van der Waals surface area contributed by atoms with Gasteiger partial charge in [-0.05, 0) is 64.2 Å². The Kier molecular flexibility index (Phi) is 30.4. The molecule has 0 rings (SSSR count). The van der Waals surface area contributed by atoms with Crippen molar-refractivity contribution in [3.63, 3.8) is 0 Å². The van der Waals surface area contributed by atoms with Crippen LogP contribution in [0, 0.1) is 0 Å². The lowest BCUT2D eigenvalue weighted by Gasteiger charge is -2.29. The molecule has 1 amide bonds. The van der Waals surface area contributed by atoms with Crippen LogP contribution < -0.4 is 10.2 Å². The second kappa shape index (κ2) is 31.4. The molecule has 8 nitrogen and oxygen atoms in total. The minimum absolute atomic E-state index is 0.0122. The van der Waals surface area contributed by atoms with Gasteiger partial charge in [-0.3, -0.25) is 9.36 Å². The van der Waals surface area contributed by atoms with E-state index >= 15 is 0 Å². The molecule has 0 saturated carbocycles. The summed E-state index contributed by atoms with van der Waals surface area (Å²) >= 11 is 0. The lowest BCUT2D eigenvalue weighted by atomic mass is 10.1. The Morgan fingerprint density at radius 2 is 1.23 bits per heavy atom. The quantitative estimate of drug-likeness (QED) is 0.0307. The summed E-state index contributed by atoms with van der Waals surface area (Å²) in [6.07, 6.45) is 37.4. The molecular formula is C39H73N2O6P. The Morgan fingerprint density at radius 3 is 1.79 bits per heavy atom. The van der Waals surface area contributed by atoms with E-state index in [1.54, 1.807) is 6.08 Å². The average molecular weight is 697 g/mol. The number of carbonyl (C=O) groups excluding carboxylic acids is 1. The maximum Gasteiger partial charge on any atom is 0.268 e. The Hall–Kier alpha value is -1.54. The van der Waals surface area contributed by atoms with Crippen molar-refractivity contribution in [3.05, 3.63) is 48.6 Å². The molecule has 0 bridgehead atoms. The van der Waals surface area contributed by atoms with Crippen LogP contribution in [-0.2, 0) is 18.4 Å². The summed E-state index contributed by atoms with van der Waals surface area (Å²) in [4.78, 5) is 25.1. The van der Waals surface area contributed by atoms with Crippen molar-refractivity contribution in [2.75, 3.05) is 40.9 Å². The van der Waals surface area contributed by atoms with Crippen LogP contribution in [0.4, 0.5) is 0 Å². The van der Waals surface area contributed by atoms with Crippen molar-refractivity contribution in [3.8, 4) is 0 Å². The number of phosphoric ester groups is 1. The lowest BCUT2D eigenvalue weighted by Crippen LogP contribution is -2.45. The zero-order chi connectivity index (χ0) is 35.8. The van der Waals surface area contributed by atoms with E-state index in [1.165, 1.54) is 51.4 Å². The molecule has 0 fully saturated rings. The molecule has 0 aliphatic carbocycles. The van der Waals surface area contributed by atoms with Crippen LogP contribution in [0.15, 0.2) is 48.6 Å². The zero-order valence-corrected chi connectivity index (χ0v) is 32.3. The molecular weight excluding hydrogens is 623 g/mol. The number of rotatable bonds is 33. The van der Waals surface area contributed by atoms with Gasteiger partial charge in [0, 0.05) is 6.42 Å². The number of allylic oxidation sites excluding steroid dienone is 7. The fraction of sp³-hybridized carbons (Fsp3) is 0.769. The van der Waals surface area contributed by atoms with Crippen LogP contribution in [0.2, 0.25) is 0 Å². The van der Waals surface area contributed by atoms with Crippen molar-refractivity contribution >= 4 is 13.7 Å². The number of hydrogen-bond acceptors (Lipinski definition) is 6. The summed E-state index contributed by atoms with van der Waals surface area (Å²) in [5.41, 5.74) is 0. The smallest absolute Gasteiger partial charge is 0.268 e. The van der Waals surface area contributed by atoms with E-state index in [2.05, 4.69) is 55.6 Å². The van der Waals surface area contributed by atoms with Crippen LogP contribution in [0.25, 0.3) is 0 Å². The molecule has 0 heterocycles. The summed E-state index contributed by atoms with van der Waals surface area (Å²) in [6, 6.07) is -0.910. The molecule has 0 aliphatic rings. The highest BCUT2D eigenvalue weighted by Gasteiger charge is 2.23. The highest BCUT2D eigenvalue weighted by Crippen LogP contribution is 2.38. The maximum absolute atomic E-state index is 12.7. The van der Waals surface area contributed by atoms with E-state index in [4.69, 9.17) is 9.05 Å². The third kappa shape index (κ3) is 33.0. The first kappa shape index (κ1) is 46.5. The number of hydrogen-bond donors (Lipinski definition) is 2. The fourth-order valence-corrected chi connectivity index (χ4v) is 5.67. The van der Waals surface area contributed by atoms with Gasteiger partial charge in [0.1, 0.15) is 13.2 Å². The first-order valence-corrected chi connectivity index (χ1v) is 20.5. The SMILES string of the molecule is CC/C=C/CC/C=C/CC/C=C/C(O)C(COP(=O)([O-])OCC[N+](C)(C)C)NC(=O)CCCCCCC/C=C\CCCCCCCCC. The summed E-state index contributed by atoms with van der Waals surface area (Å²) in [7, 11) is 1.22. The molecule has 48 heavy (non-hydrogen) atoms. The first-order chi connectivity index (χ1) is 23.0. The molecule has 0 spiro atoms. The first-order valence-electron chi connectivity index (χ1n) is 19.0. The largest absolute Gasteiger partial charge is 0.756 e. The molecule has 0 saturated heterocycles. The van der Waals surface area contributed by atoms with E-state index < -0.39 is 26.6 Å². The highest BCUT2D eigenvalue weighted by molar-refractivity contribution is 7.45. The zero-order valence-electron chi connectivity index (χ0n) is 31.4. The van der Waals surface area contributed by atoms with E-state index in [0.717, 1.165) is 70.6 Å². The van der Waals surface area contributed by atoms with E-state index in [9.17, 15) is 19.4 Å². The van der Waals surface area contributed by atoms with Crippen LogP contribution >= 0.6 is 7.82 Å². The number of aliphatic hydroxyl groups excluding tert-OH is 1. The Morgan fingerprint density at radius 1 is 0.729 bits per heavy atom. The number of amides is 1. The maximum atomic E-state index is 12.7. The minimum Gasteiger partial charge on any atom is -0.756 e. The number of aliphatic hydroxyl groups is 1. The molecule has 0 aromatic carbocycles. The Labute approximate surface area is 295 Å². The van der Waals surface area contributed by atoms with E-state index in [1.807, 2.05) is 27.2 Å². The average Bonchev–Trinajstić information content (AvgIpc) is 3.02. The molecule has 9 heteroatoms. The summed E-state index contributed by atoms with van der Waals surface area (Å²) in [5, 5.41) is 13.6. The predicted octanol–water partition coefficient (Wildman–Crippen LogP) is 9.11. The van der Waals surface area contributed by atoms with Crippen LogP contribution in [-0.4, -0.2) is 68.5 Å². The number of nitrogens with zero attached hydrogens (tertiary/aromatic N) is 1. The number of likely N-dealkylation sites (N-methyl/N-ethyl adjacent to an activating group) is 1. The Balaban J connectivity index is 4.54. The summed E-state index contributed by atoms with van der Waals surface area (Å²) in [5.74, 6) is -0.226. The lowest BCUT2D eigenvalue weighted by molar-refractivity contribution is -0.870. The molecule has 2 N–H and O–H groups in total. The molecule has 3 unspecified atom stereocenters. The topological polar surface area (TPSA) is 108 Å². The van der Waals surface area contributed by atoms with E-state index in [-0.39, 0.29) is 12.5 Å². The molecule has 3 atom stereocenters. The molecule has 280 valence electrons. The number of unbranched alkanes of at least 4 members (excludes halogenated alkanes) is 14. The van der Waals surface area contributed by atoms with E-state index in [0.29, 0.717) is 17.4 Å². The second-order valence-corrected chi connectivity index (χ2v) is 15.3. The molecule has 0 aromatic rings. The molecule has 0 aliphatic heterocycles. The monoisotopic (exact) mass is 697 g/mol. The third-order valence-corrected chi connectivity index (χ3v) is 8.96. The van der Waals surface area contributed by atoms with Crippen molar-refractivity contribution in [1.29, 1.82) is 0 Å². The highest BCUT2D eigenvalue weighted by atomic mass is 31.2. The number of carbonyl (C=O) groups is 1. The standard InChI is InChI=1S/C39H73N2O6P/c1-6-8-10-12-14-16-18-19-20-21-22-23-25-27-29-31-33-39(43)40-37(36-47-48(44,45)46-35-34-41(3,4)5)38(42)32-30-28-26-24-17-15-13-11-9-7-2/h9,11,17,20-21,24,30,32,37-38,42H,6-8,10,12-16,18-19,22-23,25-29,31,33-36H2,1-5H3,(H-,40,43,44,45)/b11-9+,21-20-,24-17+,32-30+. The van der Waals surface area contributed by atoms with Gasteiger partial charge >= 0.3 is 0 Å². The van der Waals surface area contributed by atoms with Gasteiger partial charge < -0.3 is 28.8 Å². The summed E-state index contributed by atoms with van der Waals surface area (Å²) < 4.78 is 23.0. The normalized spacial score (nSPS) is 15.2. The molecule has 0 aromatic heterocycles. The number of nitrogens with one attached hydrogen (secondary N) is 1. The van der Waals surface area contributed by atoms with Gasteiger partial charge in [-0.1, -0.05) is 120 Å². The van der Waals surface area contributed by atoms with Gasteiger partial charge in [0.15, 0.2) is 0 Å². The van der Waals surface area contributed by atoms with Crippen molar-refractivity contribution in [2.45, 2.75) is 154 Å². The summed E-state index contributed by atoms with van der Waals surface area (Å²) in [6.45, 7) is 4.45. The predicted molar refractivity (Wildman–Crippen MR) is 201 cm³/mol. The van der Waals surface area contributed by atoms with Crippen LogP contribution in [0.5, 0.6) is 0 Å². The van der Waals surface area contributed by atoms with Gasteiger partial charge in [0.2, 0.25) is 5.91 Å². The minimum atomic E-state index is -4.59. The van der Waals surface area contributed by atoms with Crippen LogP contribution in [0.3, 0.4) is 0 Å². The second-order valence-electron chi connectivity index (χ2n) is 13.9. The van der Waals surface area contributed by atoms with Gasteiger partial charge in [-0.25, -0.2) is 0 Å². The van der Waals surface area contributed by atoms with Crippen molar-refractivity contribution < 1.29 is 32.9 Å². The van der Waals surface area contributed by atoms with Gasteiger partial charge in [-0.2, -0.15) is 0 Å².